The first-order chi connectivity index (χ1) is 11.1. The Kier molecular flexibility index (Phi) is 3.70. The Morgan fingerprint density at radius 1 is 0.739 bits per heavy atom. The average Bonchev–Trinajstić information content (AvgIpc) is 2.54. The highest BCUT2D eigenvalue weighted by Gasteiger charge is 2.27. The molecule has 3 heteroatoms. The second-order valence-electron chi connectivity index (χ2n) is 5.76. The number of aryl methyl sites for hydroxylation is 2. The summed E-state index contributed by atoms with van der Waals surface area (Å²) in [6.07, 6.45) is 0. The number of nitrogens with zero attached hydrogens (tertiary/aromatic N) is 1. The Bertz CT molecular complexity index is 835. The van der Waals surface area contributed by atoms with Crippen LogP contribution < -0.4 is 4.90 Å². The predicted octanol–water partition coefficient (Wildman–Crippen LogP) is 7.00. The number of rotatable bonds is 1. The van der Waals surface area contributed by atoms with Gasteiger partial charge >= 0.3 is 0 Å². The molecule has 1 aliphatic rings. The lowest BCUT2D eigenvalue weighted by molar-refractivity contribution is 1.12. The van der Waals surface area contributed by atoms with Crippen molar-refractivity contribution in [3.8, 4) is 0 Å². The Morgan fingerprint density at radius 3 is 1.78 bits per heavy atom. The maximum absolute atomic E-state index is 3.54. The zero-order valence-electron chi connectivity index (χ0n) is 13.0. The number of benzene rings is 3. The van der Waals surface area contributed by atoms with Crippen molar-refractivity contribution in [1.29, 1.82) is 0 Å². The van der Waals surface area contributed by atoms with Gasteiger partial charge in [0.1, 0.15) is 0 Å². The lowest BCUT2D eigenvalue weighted by Gasteiger charge is -2.35. The van der Waals surface area contributed by atoms with Gasteiger partial charge in [0.25, 0.3) is 0 Å². The van der Waals surface area contributed by atoms with E-state index < -0.39 is 0 Å². The van der Waals surface area contributed by atoms with Crippen LogP contribution in [0.4, 0.5) is 17.1 Å². The van der Waals surface area contributed by atoms with Crippen LogP contribution in [0.5, 0.6) is 0 Å². The van der Waals surface area contributed by atoms with Crippen molar-refractivity contribution >= 4 is 44.8 Å². The smallest absolute Gasteiger partial charge is 0.0630 e. The fraction of sp³-hybridized carbons (Fsp3) is 0.100. The van der Waals surface area contributed by atoms with Crippen molar-refractivity contribution in [3.05, 3.63) is 76.3 Å². The Labute approximate surface area is 149 Å². The van der Waals surface area contributed by atoms with Gasteiger partial charge in [-0.2, -0.15) is 0 Å². The Morgan fingerprint density at radius 2 is 1.26 bits per heavy atom. The van der Waals surface area contributed by atoms with Gasteiger partial charge in [0.15, 0.2) is 0 Å². The minimum atomic E-state index is 1.10. The van der Waals surface area contributed by atoms with E-state index in [1.807, 2.05) is 11.8 Å². The largest absolute Gasteiger partial charge is 0.308 e. The quantitative estimate of drug-likeness (QED) is 0.349. The van der Waals surface area contributed by atoms with Crippen molar-refractivity contribution in [1.82, 2.24) is 0 Å². The van der Waals surface area contributed by atoms with E-state index >= 15 is 0 Å². The molecular formula is C20H16BrNS. The lowest BCUT2D eigenvalue weighted by atomic mass is 10.1. The molecule has 0 N–H and O–H groups in total. The van der Waals surface area contributed by atoms with Gasteiger partial charge < -0.3 is 4.90 Å². The number of anilines is 3. The van der Waals surface area contributed by atoms with E-state index in [9.17, 15) is 0 Å². The molecule has 0 saturated carbocycles. The predicted molar refractivity (Wildman–Crippen MR) is 102 cm³/mol. The molecule has 0 amide bonds. The molecule has 4 rings (SSSR count). The molecule has 114 valence electrons. The summed E-state index contributed by atoms with van der Waals surface area (Å²) in [6.45, 7) is 4.38. The highest BCUT2D eigenvalue weighted by Crippen LogP contribution is 2.53. The minimum absolute atomic E-state index is 1.10. The third kappa shape index (κ3) is 2.48. The number of hydrogen-bond donors (Lipinski definition) is 0. The van der Waals surface area contributed by atoms with Crippen molar-refractivity contribution in [2.75, 3.05) is 4.90 Å². The van der Waals surface area contributed by atoms with E-state index in [4.69, 9.17) is 0 Å². The summed E-state index contributed by atoms with van der Waals surface area (Å²) in [7, 11) is 0. The molecule has 3 aromatic carbocycles. The zero-order chi connectivity index (χ0) is 16.0. The van der Waals surface area contributed by atoms with E-state index in [1.54, 1.807) is 0 Å². The van der Waals surface area contributed by atoms with Gasteiger partial charge in [-0.25, -0.2) is 0 Å². The topological polar surface area (TPSA) is 3.24 Å². The summed E-state index contributed by atoms with van der Waals surface area (Å²) >= 11 is 5.40. The second kappa shape index (κ2) is 5.73. The van der Waals surface area contributed by atoms with Gasteiger partial charge in [-0.3, -0.25) is 0 Å². The van der Waals surface area contributed by atoms with Crippen LogP contribution in [-0.4, -0.2) is 0 Å². The molecule has 0 bridgehead atoms. The van der Waals surface area contributed by atoms with Crippen molar-refractivity contribution in [2.45, 2.75) is 23.6 Å². The van der Waals surface area contributed by atoms with Gasteiger partial charge in [-0.05, 0) is 61.4 Å². The fourth-order valence-corrected chi connectivity index (χ4v) is 4.57. The van der Waals surface area contributed by atoms with Gasteiger partial charge in [0.05, 0.1) is 11.4 Å². The Balaban J connectivity index is 2.02. The SMILES string of the molecule is Cc1cccc2c1N(c1ccc(Br)cc1)c1c(C)cccc1S2. The molecule has 1 aliphatic heterocycles. The molecule has 0 fully saturated rings. The summed E-state index contributed by atoms with van der Waals surface area (Å²) in [5.41, 5.74) is 6.38. The summed E-state index contributed by atoms with van der Waals surface area (Å²) in [5.74, 6) is 0. The third-order valence-electron chi connectivity index (χ3n) is 4.15. The lowest BCUT2D eigenvalue weighted by Crippen LogP contribution is -2.17. The average molecular weight is 382 g/mol. The van der Waals surface area contributed by atoms with Crippen LogP contribution in [0.1, 0.15) is 11.1 Å². The molecule has 0 unspecified atom stereocenters. The highest BCUT2D eigenvalue weighted by atomic mass is 79.9. The van der Waals surface area contributed by atoms with Crippen LogP contribution in [0.2, 0.25) is 0 Å². The van der Waals surface area contributed by atoms with Crippen molar-refractivity contribution in [2.24, 2.45) is 0 Å². The second-order valence-corrected chi connectivity index (χ2v) is 7.76. The fourth-order valence-electron chi connectivity index (χ4n) is 3.08. The zero-order valence-corrected chi connectivity index (χ0v) is 15.4. The molecule has 0 aromatic heterocycles. The monoisotopic (exact) mass is 381 g/mol. The molecule has 0 atom stereocenters. The first-order valence-electron chi connectivity index (χ1n) is 7.58. The van der Waals surface area contributed by atoms with E-state index in [0.29, 0.717) is 0 Å². The molecule has 23 heavy (non-hydrogen) atoms. The minimum Gasteiger partial charge on any atom is -0.308 e. The van der Waals surface area contributed by atoms with E-state index in [-0.39, 0.29) is 0 Å². The molecule has 0 aliphatic carbocycles. The molecule has 3 aromatic rings. The molecular weight excluding hydrogens is 366 g/mol. The summed E-state index contributed by atoms with van der Waals surface area (Å²) in [6, 6.07) is 21.6. The molecule has 1 heterocycles. The third-order valence-corrected chi connectivity index (χ3v) is 5.78. The van der Waals surface area contributed by atoms with Gasteiger partial charge in [-0.1, -0.05) is 52.0 Å². The van der Waals surface area contributed by atoms with Gasteiger partial charge in [-0.15, -0.1) is 0 Å². The highest BCUT2D eigenvalue weighted by molar-refractivity contribution is 9.10. The van der Waals surface area contributed by atoms with Crippen LogP contribution in [-0.2, 0) is 0 Å². The van der Waals surface area contributed by atoms with E-state index in [2.05, 4.69) is 95.3 Å². The first-order valence-corrected chi connectivity index (χ1v) is 9.19. The van der Waals surface area contributed by atoms with E-state index in [0.717, 1.165) is 4.47 Å². The molecule has 1 nitrogen and oxygen atoms in total. The van der Waals surface area contributed by atoms with Crippen LogP contribution in [0.15, 0.2) is 74.9 Å². The normalized spacial score (nSPS) is 12.7. The standard InChI is InChI=1S/C20H16BrNS/c1-13-5-3-7-17-19(13)22(16-11-9-15(21)10-12-16)20-14(2)6-4-8-18(20)23-17/h3-12H,1-2H3. The number of fused-ring (bicyclic) bond motifs is 2. The maximum Gasteiger partial charge on any atom is 0.0630 e. The van der Waals surface area contributed by atoms with Gasteiger partial charge in [0, 0.05) is 20.0 Å². The maximum atomic E-state index is 3.54. The number of para-hydroxylation sites is 2. The number of halogens is 1. The molecule has 0 saturated heterocycles. The van der Waals surface area contributed by atoms with Crippen LogP contribution >= 0.6 is 27.7 Å². The van der Waals surface area contributed by atoms with Crippen LogP contribution in [0.3, 0.4) is 0 Å². The van der Waals surface area contributed by atoms with Crippen molar-refractivity contribution < 1.29 is 0 Å². The first kappa shape index (κ1) is 14.9. The van der Waals surface area contributed by atoms with Crippen LogP contribution in [0, 0.1) is 13.8 Å². The molecule has 0 spiro atoms. The Hall–Kier alpha value is -1.71. The number of hydrogen-bond acceptors (Lipinski definition) is 2. The molecule has 0 radical (unpaired) electrons. The summed E-state index contributed by atoms with van der Waals surface area (Å²) in [4.78, 5) is 5.02. The van der Waals surface area contributed by atoms with Gasteiger partial charge in [0.2, 0.25) is 0 Å². The van der Waals surface area contributed by atoms with Crippen LogP contribution in [0.25, 0.3) is 0 Å². The summed E-state index contributed by atoms with van der Waals surface area (Å²) < 4.78 is 1.10. The van der Waals surface area contributed by atoms with E-state index in [1.165, 1.54) is 38.0 Å². The van der Waals surface area contributed by atoms with Crippen molar-refractivity contribution in [3.63, 3.8) is 0 Å². The summed E-state index contributed by atoms with van der Waals surface area (Å²) in [5, 5.41) is 0.